The normalized spacial score (nSPS) is 12.1. The molecule has 0 atom stereocenters. The first-order valence-corrected chi connectivity index (χ1v) is 9.13. The highest BCUT2D eigenvalue weighted by molar-refractivity contribution is 7.88. The summed E-state index contributed by atoms with van der Waals surface area (Å²) >= 11 is 0. The highest BCUT2D eigenvalue weighted by Crippen LogP contribution is 2.14. The molecule has 21 heavy (non-hydrogen) atoms. The van der Waals surface area contributed by atoms with E-state index >= 15 is 0 Å². The average molecular weight is 314 g/mol. The largest absolute Gasteiger partial charge is 0.354 e. The summed E-state index contributed by atoms with van der Waals surface area (Å²) in [5.41, 5.74) is 1.94. The molecule has 0 bridgehead atoms. The van der Waals surface area contributed by atoms with Gasteiger partial charge < -0.3 is 5.32 Å². The zero-order valence-corrected chi connectivity index (χ0v) is 14.4. The summed E-state index contributed by atoms with van der Waals surface area (Å²) in [5.74, 6) is 0.967. The van der Waals surface area contributed by atoms with Gasteiger partial charge in [0.2, 0.25) is 16.0 Å². The summed E-state index contributed by atoms with van der Waals surface area (Å²) in [6.45, 7) is 9.62. The summed E-state index contributed by atoms with van der Waals surface area (Å²) in [5, 5.41) is 3.17. The molecule has 0 saturated heterocycles. The van der Waals surface area contributed by atoms with E-state index in [0.29, 0.717) is 31.5 Å². The van der Waals surface area contributed by atoms with Crippen LogP contribution in [0, 0.1) is 6.92 Å². The molecule has 0 saturated carbocycles. The summed E-state index contributed by atoms with van der Waals surface area (Å²) in [7, 11) is -3.11. The highest BCUT2D eigenvalue weighted by Gasteiger charge is 2.13. The minimum Gasteiger partial charge on any atom is -0.354 e. The van der Waals surface area contributed by atoms with E-state index in [1.807, 2.05) is 19.9 Å². The fourth-order valence-electron chi connectivity index (χ4n) is 1.98. The van der Waals surface area contributed by atoms with Crippen LogP contribution in [0.4, 0.5) is 5.95 Å². The summed E-state index contributed by atoms with van der Waals surface area (Å²) in [6.07, 6.45) is 1.96. The van der Waals surface area contributed by atoms with Gasteiger partial charge in [0.05, 0.1) is 6.26 Å². The van der Waals surface area contributed by atoms with E-state index in [1.165, 1.54) is 10.6 Å². The first-order chi connectivity index (χ1) is 9.74. The van der Waals surface area contributed by atoms with Gasteiger partial charge in [0.15, 0.2) is 0 Å². The van der Waals surface area contributed by atoms with Crippen LogP contribution in [-0.4, -0.2) is 48.6 Å². The molecule has 0 radical (unpaired) electrons. The molecular weight excluding hydrogens is 288 g/mol. The lowest BCUT2D eigenvalue weighted by molar-refractivity contribution is 0.428. The molecule has 120 valence electrons. The maximum absolute atomic E-state index is 11.5. The van der Waals surface area contributed by atoms with Gasteiger partial charge in [-0.05, 0) is 25.3 Å². The second-order valence-electron chi connectivity index (χ2n) is 5.45. The number of rotatable bonds is 8. The molecular formula is C14H26N4O2S. The second-order valence-corrected chi connectivity index (χ2v) is 7.43. The molecule has 6 nitrogen and oxygen atoms in total. The van der Waals surface area contributed by atoms with Crippen LogP contribution in [-0.2, 0) is 10.0 Å². The molecule has 0 unspecified atom stereocenters. The van der Waals surface area contributed by atoms with E-state index in [2.05, 4.69) is 29.1 Å². The van der Waals surface area contributed by atoms with Gasteiger partial charge in [-0.1, -0.05) is 20.8 Å². The van der Waals surface area contributed by atoms with Gasteiger partial charge in [-0.3, -0.25) is 0 Å². The number of anilines is 1. The Kier molecular flexibility index (Phi) is 6.54. The highest BCUT2D eigenvalue weighted by atomic mass is 32.2. The minimum atomic E-state index is -3.11. The SMILES string of the molecule is CCN(CCCNc1nc(C)cc(C(C)C)n1)S(C)(=O)=O. The van der Waals surface area contributed by atoms with Crippen molar-refractivity contribution < 1.29 is 8.42 Å². The predicted octanol–water partition coefficient (Wildman–Crippen LogP) is 1.99. The van der Waals surface area contributed by atoms with Gasteiger partial charge in [-0.2, -0.15) is 0 Å². The minimum absolute atomic E-state index is 0.355. The van der Waals surface area contributed by atoms with Crippen LogP contribution in [0.25, 0.3) is 0 Å². The molecule has 1 rings (SSSR count). The van der Waals surface area contributed by atoms with E-state index in [0.717, 1.165) is 17.8 Å². The van der Waals surface area contributed by atoms with Gasteiger partial charge >= 0.3 is 0 Å². The van der Waals surface area contributed by atoms with Crippen LogP contribution in [0.15, 0.2) is 6.07 Å². The van der Waals surface area contributed by atoms with E-state index in [-0.39, 0.29) is 0 Å². The van der Waals surface area contributed by atoms with Gasteiger partial charge in [0.1, 0.15) is 0 Å². The third-order valence-corrected chi connectivity index (χ3v) is 4.53. The van der Waals surface area contributed by atoms with Crippen LogP contribution in [0.2, 0.25) is 0 Å². The maximum atomic E-state index is 11.5. The fraction of sp³-hybridized carbons (Fsp3) is 0.714. The lowest BCUT2D eigenvalue weighted by Crippen LogP contribution is -2.31. The Bertz CT molecular complexity index is 558. The van der Waals surface area contributed by atoms with E-state index in [9.17, 15) is 8.42 Å². The number of sulfonamides is 1. The number of aryl methyl sites for hydroxylation is 1. The monoisotopic (exact) mass is 314 g/mol. The molecule has 1 aromatic rings. The Morgan fingerprint density at radius 1 is 1.33 bits per heavy atom. The number of nitrogens with one attached hydrogen (secondary N) is 1. The fourth-order valence-corrected chi connectivity index (χ4v) is 2.91. The van der Waals surface area contributed by atoms with Gasteiger partial charge in [-0.15, -0.1) is 0 Å². The predicted molar refractivity (Wildman–Crippen MR) is 86.1 cm³/mol. The van der Waals surface area contributed by atoms with E-state index < -0.39 is 10.0 Å². The van der Waals surface area contributed by atoms with Crippen LogP contribution < -0.4 is 5.32 Å². The van der Waals surface area contributed by atoms with Crippen molar-refractivity contribution in [2.45, 2.75) is 40.0 Å². The van der Waals surface area contributed by atoms with Gasteiger partial charge in [0, 0.05) is 31.0 Å². The average Bonchev–Trinajstić information content (AvgIpc) is 2.36. The quantitative estimate of drug-likeness (QED) is 0.743. The van der Waals surface area contributed by atoms with Crippen molar-refractivity contribution in [1.82, 2.24) is 14.3 Å². The molecule has 1 N–H and O–H groups in total. The molecule has 0 aliphatic rings. The Morgan fingerprint density at radius 2 is 2.00 bits per heavy atom. The molecule has 7 heteroatoms. The third kappa shape index (κ3) is 5.97. The number of aromatic nitrogens is 2. The van der Waals surface area contributed by atoms with Crippen molar-refractivity contribution in [1.29, 1.82) is 0 Å². The molecule has 1 aromatic heterocycles. The van der Waals surface area contributed by atoms with Crippen LogP contribution in [0.3, 0.4) is 0 Å². The van der Waals surface area contributed by atoms with Crippen molar-refractivity contribution in [2.24, 2.45) is 0 Å². The first-order valence-electron chi connectivity index (χ1n) is 7.28. The molecule has 0 aromatic carbocycles. The molecule has 1 heterocycles. The van der Waals surface area contributed by atoms with Crippen molar-refractivity contribution >= 4 is 16.0 Å². The summed E-state index contributed by atoms with van der Waals surface area (Å²) in [4.78, 5) is 8.81. The Balaban J connectivity index is 2.53. The van der Waals surface area contributed by atoms with E-state index in [4.69, 9.17) is 0 Å². The van der Waals surface area contributed by atoms with Gasteiger partial charge in [0.25, 0.3) is 0 Å². The Labute approximate surface area is 128 Å². The van der Waals surface area contributed by atoms with Crippen molar-refractivity contribution in [3.8, 4) is 0 Å². The molecule has 0 fully saturated rings. The first kappa shape index (κ1) is 17.8. The Morgan fingerprint density at radius 3 is 2.52 bits per heavy atom. The molecule has 0 aliphatic heterocycles. The Hall–Kier alpha value is -1.21. The summed E-state index contributed by atoms with van der Waals surface area (Å²) < 4.78 is 24.4. The van der Waals surface area contributed by atoms with Gasteiger partial charge in [-0.25, -0.2) is 22.7 Å². The standard InChI is InChI=1S/C14H26N4O2S/c1-6-18(21(5,19)20)9-7-8-15-14-16-12(4)10-13(17-14)11(2)3/h10-11H,6-9H2,1-5H3,(H,15,16,17). The van der Waals surface area contributed by atoms with E-state index in [1.54, 1.807) is 0 Å². The topological polar surface area (TPSA) is 75.2 Å². The van der Waals surface area contributed by atoms with Crippen LogP contribution in [0.5, 0.6) is 0 Å². The number of hydrogen-bond donors (Lipinski definition) is 1. The lowest BCUT2D eigenvalue weighted by Gasteiger charge is -2.17. The smallest absolute Gasteiger partial charge is 0.223 e. The van der Waals surface area contributed by atoms with Crippen molar-refractivity contribution in [3.05, 3.63) is 17.5 Å². The van der Waals surface area contributed by atoms with Crippen LogP contribution >= 0.6 is 0 Å². The number of nitrogens with zero attached hydrogens (tertiary/aromatic N) is 3. The third-order valence-electron chi connectivity index (χ3n) is 3.15. The van der Waals surface area contributed by atoms with Crippen molar-refractivity contribution in [3.63, 3.8) is 0 Å². The maximum Gasteiger partial charge on any atom is 0.223 e. The molecule has 0 aliphatic carbocycles. The van der Waals surface area contributed by atoms with Crippen LogP contribution in [0.1, 0.15) is 44.5 Å². The second kappa shape index (κ2) is 7.70. The zero-order chi connectivity index (χ0) is 16.0. The number of hydrogen-bond acceptors (Lipinski definition) is 5. The molecule has 0 spiro atoms. The molecule has 0 amide bonds. The van der Waals surface area contributed by atoms with Crippen molar-refractivity contribution in [2.75, 3.05) is 31.2 Å². The zero-order valence-electron chi connectivity index (χ0n) is 13.5. The lowest BCUT2D eigenvalue weighted by atomic mass is 10.1. The summed E-state index contributed by atoms with van der Waals surface area (Å²) in [6, 6.07) is 1.98.